The first-order valence-corrected chi connectivity index (χ1v) is 17.9. The Morgan fingerprint density at radius 3 is 2.41 bits per heavy atom. The number of carbonyl (C=O) groups excluding carboxylic acids is 1. The summed E-state index contributed by atoms with van der Waals surface area (Å²) < 4.78 is 71.9. The SMILES string of the molecule is COc1ccc(S(=O)(=O)N(C)C[C@@H]2OCCCC[C@@H](C)Oc3ccc(NS(C)(=O)=O)cc3C(=O)N([C@H](C)CO)C[C@H]2C)cc1. The number of nitrogens with one attached hydrogen (secondary N) is 1. The zero-order valence-corrected chi connectivity index (χ0v) is 27.9. The largest absolute Gasteiger partial charge is 0.497 e. The summed E-state index contributed by atoms with van der Waals surface area (Å²) in [5, 5.41) is 10.1. The fraction of sp³-hybridized carbons (Fsp3) is 0.567. The molecule has 0 fully saturated rings. The van der Waals surface area contributed by atoms with Crippen molar-refractivity contribution in [3.8, 4) is 11.5 Å². The second-order valence-corrected chi connectivity index (χ2v) is 15.1. The van der Waals surface area contributed by atoms with E-state index in [2.05, 4.69) is 4.72 Å². The van der Waals surface area contributed by atoms with Crippen LogP contribution >= 0.6 is 0 Å². The van der Waals surface area contributed by atoms with Gasteiger partial charge in [0, 0.05) is 38.3 Å². The van der Waals surface area contributed by atoms with Crippen LogP contribution in [0.4, 0.5) is 5.69 Å². The third kappa shape index (κ3) is 9.54. The fourth-order valence-corrected chi connectivity index (χ4v) is 6.68. The molecule has 2 aromatic carbocycles. The van der Waals surface area contributed by atoms with E-state index in [1.165, 1.54) is 47.6 Å². The Labute approximate surface area is 261 Å². The highest BCUT2D eigenvalue weighted by atomic mass is 32.2. The number of hydrogen-bond donors (Lipinski definition) is 2. The molecule has 0 bridgehead atoms. The highest BCUT2D eigenvalue weighted by molar-refractivity contribution is 7.92. The number of methoxy groups -OCH3 is 1. The smallest absolute Gasteiger partial charge is 0.258 e. The standard InChI is InChI=1S/C30H45N3O9S2/c1-21-18-33(22(2)20-34)30(35)27-17-24(31-43(6,36)37)10-15-28(27)42-23(3)9-7-8-16-41-29(21)19-32(4)44(38,39)26-13-11-25(40-5)12-14-26/h10-15,17,21-23,29,31,34H,7-9,16,18-20H2,1-6H3/t21-,22-,23-,29+/m1/s1. The van der Waals surface area contributed by atoms with Crippen molar-refractivity contribution < 1.29 is 40.9 Å². The molecule has 1 aliphatic heterocycles. The van der Waals surface area contributed by atoms with Crippen LogP contribution in [0.25, 0.3) is 0 Å². The number of fused-ring (bicyclic) bond motifs is 1. The quantitative estimate of drug-likeness (QED) is 0.415. The number of likely N-dealkylation sites (N-methyl/N-ethyl adjacent to an activating group) is 1. The van der Waals surface area contributed by atoms with Crippen molar-refractivity contribution in [3.05, 3.63) is 48.0 Å². The fourth-order valence-electron chi connectivity index (χ4n) is 4.94. The molecule has 2 aromatic rings. The van der Waals surface area contributed by atoms with E-state index in [-0.39, 0.29) is 47.9 Å². The summed E-state index contributed by atoms with van der Waals surface area (Å²) in [6.07, 6.45) is 2.34. The second kappa shape index (κ2) is 15.4. The van der Waals surface area contributed by atoms with Crippen molar-refractivity contribution in [1.82, 2.24) is 9.21 Å². The number of aliphatic hydroxyl groups is 1. The van der Waals surface area contributed by atoms with Gasteiger partial charge in [0.25, 0.3) is 5.91 Å². The maximum atomic E-state index is 14.1. The van der Waals surface area contributed by atoms with Crippen molar-refractivity contribution >= 4 is 31.6 Å². The van der Waals surface area contributed by atoms with Crippen molar-refractivity contribution in [2.24, 2.45) is 5.92 Å². The third-order valence-corrected chi connectivity index (χ3v) is 10.0. The minimum atomic E-state index is -3.86. The van der Waals surface area contributed by atoms with Crippen LogP contribution in [0.5, 0.6) is 11.5 Å². The Morgan fingerprint density at radius 2 is 1.80 bits per heavy atom. The normalized spacial score (nSPS) is 21.6. The molecule has 2 N–H and O–H groups in total. The number of nitrogens with zero attached hydrogens (tertiary/aromatic N) is 2. The number of hydrogen-bond acceptors (Lipinski definition) is 9. The minimum absolute atomic E-state index is 0.0313. The van der Waals surface area contributed by atoms with Gasteiger partial charge in [-0.05, 0) is 75.6 Å². The van der Waals surface area contributed by atoms with E-state index in [1.807, 2.05) is 13.8 Å². The van der Waals surface area contributed by atoms with Crippen LogP contribution in [0.1, 0.15) is 50.4 Å². The molecule has 0 saturated heterocycles. The lowest BCUT2D eigenvalue weighted by Gasteiger charge is -2.35. The lowest BCUT2D eigenvalue weighted by Crippen LogP contribution is -2.48. The Balaban J connectivity index is 1.97. The van der Waals surface area contributed by atoms with Crippen LogP contribution < -0.4 is 14.2 Å². The van der Waals surface area contributed by atoms with Crippen LogP contribution in [-0.2, 0) is 24.8 Å². The van der Waals surface area contributed by atoms with Crippen LogP contribution in [0.3, 0.4) is 0 Å². The number of ether oxygens (including phenoxy) is 3. The zero-order chi connectivity index (χ0) is 32.7. The van der Waals surface area contributed by atoms with Gasteiger partial charge in [-0.25, -0.2) is 16.8 Å². The Bertz CT molecular complexity index is 1470. The summed E-state index contributed by atoms with van der Waals surface area (Å²) in [5.74, 6) is 0.0233. The van der Waals surface area contributed by atoms with Crippen molar-refractivity contribution in [3.63, 3.8) is 0 Å². The van der Waals surface area contributed by atoms with E-state index in [0.29, 0.717) is 30.9 Å². The Morgan fingerprint density at radius 1 is 1.11 bits per heavy atom. The number of aliphatic hydroxyl groups excluding tert-OH is 1. The summed E-state index contributed by atoms with van der Waals surface area (Å²) in [7, 11) is -4.47. The monoisotopic (exact) mass is 655 g/mol. The number of amides is 1. The molecule has 0 saturated carbocycles. The predicted molar refractivity (Wildman–Crippen MR) is 168 cm³/mol. The maximum absolute atomic E-state index is 14.1. The van der Waals surface area contributed by atoms with E-state index in [9.17, 15) is 26.7 Å². The van der Waals surface area contributed by atoms with E-state index >= 15 is 0 Å². The second-order valence-electron chi connectivity index (χ2n) is 11.3. The van der Waals surface area contributed by atoms with Gasteiger partial charge in [-0.1, -0.05) is 6.92 Å². The molecule has 246 valence electrons. The molecular weight excluding hydrogens is 610 g/mol. The average Bonchev–Trinajstić information content (AvgIpc) is 2.97. The molecule has 0 aromatic heterocycles. The summed E-state index contributed by atoms with van der Waals surface area (Å²) in [4.78, 5) is 15.7. The highest BCUT2D eigenvalue weighted by Gasteiger charge is 2.32. The van der Waals surface area contributed by atoms with Gasteiger partial charge >= 0.3 is 0 Å². The predicted octanol–water partition coefficient (Wildman–Crippen LogP) is 3.18. The zero-order valence-electron chi connectivity index (χ0n) is 26.2. The van der Waals surface area contributed by atoms with Gasteiger partial charge in [0.05, 0.1) is 48.7 Å². The van der Waals surface area contributed by atoms with Crippen molar-refractivity contribution in [2.75, 3.05) is 51.4 Å². The van der Waals surface area contributed by atoms with Gasteiger partial charge in [-0.15, -0.1) is 0 Å². The lowest BCUT2D eigenvalue weighted by molar-refractivity contribution is -0.00833. The maximum Gasteiger partial charge on any atom is 0.258 e. The van der Waals surface area contributed by atoms with E-state index in [4.69, 9.17) is 14.2 Å². The van der Waals surface area contributed by atoms with Gasteiger partial charge in [0.2, 0.25) is 20.0 Å². The van der Waals surface area contributed by atoms with Crippen molar-refractivity contribution in [1.29, 1.82) is 0 Å². The molecule has 0 radical (unpaired) electrons. The van der Waals surface area contributed by atoms with Crippen LogP contribution in [-0.4, -0.2) is 102 Å². The van der Waals surface area contributed by atoms with Gasteiger partial charge in [-0.2, -0.15) is 4.31 Å². The summed E-state index contributed by atoms with van der Waals surface area (Å²) in [6, 6.07) is 10.1. The van der Waals surface area contributed by atoms with E-state index in [1.54, 1.807) is 25.1 Å². The molecule has 0 spiro atoms. The number of anilines is 1. The molecule has 44 heavy (non-hydrogen) atoms. The first-order chi connectivity index (χ1) is 20.7. The van der Waals surface area contributed by atoms with Gasteiger partial charge in [-0.3, -0.25) is 9.52 Å². The van der Waals surface area contributed by atoms with Crippen LogP contribution in [0, 0.1) is 5.92 Å². The highest BCUT2D eigenvalue weighted by Crippen LogP contribution is 2.29. The lowest BCUT2D eigenvalue weighted by atomic mass is 10.0. The number of sulfonamides is 2. The molecule has 14 heteroatoms. The molecule has 1 heterocycles. The number of benzene rings is 2. The molecule has 12 nitrogen and oxygen atoms in total. The third-order valence-electron chi connectivity index (χ3n) is 7.56. The van der Waals surface area contributed by atoms with Gasteiger partial charge in [0.1, 0.15) is 11.5 Å². The van der Waals surface area contributed by atoms with Crippen molar-refractivity contribution in [2.45, 2.75) is 63.2 Å². The van der Waals surface area contributed by atoms with Gasteiger partial charge in [0.15, 0.2) is 0 Å². The minimum Gasteiger partial charge on any atom is -0.497 e. The molecule has 4 atom stereocenters. The van der Waals surface area contributed by atoms with Crippen LogP contribution in [0.2, 0.25) is 0 Å². The summed E-state index contributed by atoms with van der Waals surface area (Å²) >= 11 is 0. The van der Waals surface area contributed by atoms with Gasteiger partial charge < -0.3 is 24.2 Å². The molecule has 1 aliphatic rings. The summed E-state index contributed by atoms with van der Waals surface area (Å²) in [6.45, 7) is 5.68. The average molecular weight is 656 g/mol. The number of carbonyl (C=O) groups is 1. The first-order valence-electron chi connectivity index (χ1n) is 14.6. The summed E-state index contributed by atoms with van der Waals surface area (Å²) in [5.41, 5.74) is 0.347. The van der Waals surface area contributed by atoms with Crippen LogP contribution in [0.15, 0.2) is 47.4 Å². The molecular formula is C30H45N3O9S2. The number of rotatable bonds is 9. The Hall–Kier alpha value is -2.91. The Kier molecular flexibility index (Phi) is 12.4. The van der Waals surface area contributed by atoms with E-state index in [0.717, 1.165) is 12.7 Å². The molecule has 3 rings (SSSR count). The molecule has 0 aliphatic carbocycles. The molecule has 0 unspecified atom stereocenters. The molecule has 1 amide bonds. The first kappa shape index (κ1) is 35.6. The van der Waals surface area contributed by atoms with E-state index < -0.39 is 38.1 Å². The topological polar surface area (TPSA) is 152 Å².